The Bertz CT molecular complexity index is 353. The molecule has 12 heavy (non-hydrogen) atoms. The zero-order valence-corrected chi connectivity index (χ0v) is 6.40. The van der Waals surface area contributed by atoms with E-state index in [1.54, 1.807) is 18.6 Å². The van der Waals surface area contributed by atoms with Crippen molar-refractivity contribution in [3.63, 3.8) is 0 Å². The molecule has 58 valence electrons. The molecule has 2 nitrogen and oxygen atoms in total. The maximum Gasteiger partial charge on any atom is 0.0988 e. The van der Waals surface area contributed by atoms with E-state index < -0.39 is 0 Å². The summed E-state index contributed by atoms with van der Waals surface area (Å²) in [5.74, 6) is 0.221. The number of rotatable bonds is 0. The number of hydrogen-bond donors (Lipinski definition) is 0. The van der Waals surface area contributed by atoms with Gasteiger partial charge in [0.2, 0.25) is 0 Å². The molecule has 1 atom stereocenters. The number of nitriles is 1. The van der Waals surface area contributed by atoms with Gasteiger partial charge in [-0.05, 0) is 17.7 Å². The SMILES string of the molecule is N#CC1=CC2C=COC=C2C=C1. The molecular weight excluding hydrogens is 150 g/mol. The highest BCUT2D eigenvalue weighted by Gasteiger charge is 2.14. The van der Waals surface area contributed by atoms with E-state index in [-0.39, 0.29) is 5.92 Å². The summed E-state index contributed by atoms with van der Waals surface area (Å²) in [7, 11) is 0. The molecule has 0 N–H and O–H groups in total. The van der Waals surface area contributed by atoms with Crippen LogP contribution in [-0.2, 0) is 4.74 Å². The van der Waals surface area contributed by atoms with Crippen molar-refractivity contribution in [3.05, 3.63) is 48.0 Å². The van der Waals surface area contributed by atoms with Gasteiger partial charge in [-0.2, -0.15) is 5.26 Å². The number of fused-ring (bicyclic) bond motifs is 1. The molecule has 2 heteroatoms. The number of nitrogens with zero attached hydrogens (tertiary/aromatic N) is 1. The normalized spacial score (nSPS) is 24.8. The Labute approximate surface area is 70.8 Å². The van der Waals surface area contributed by atoms with Gasteiger partial charge in [-0.25, -0.2) is 0 Å². The van der Waals surface area contributed by atoms with Crippen molar-refractivity contribution in [3.8, 4) is 6.07 Å². The minimum atomic E-state index is 0.221. The Hall–Kier alpha value is -1.75. The zero-order chi connectivity index (χ0) is 8.39. The van der Waals surface area contributed by atoms with Crippen molar-refractivity contribution in [2.45, 2.75) is 0 Å². The first-order valence-corrected chi connectivity index (χ1v) is 3.72. The van der Waals surface area contributed by atoms with Crippen molar-refractivity contribution in [2.24, 2.45) is 5.92 Å². The second kappa shape index (κ2) is 2.71. The molecule has 0 saturated heterocycles. The fourth-order valence-corrected chi connectivity index (χ4v) is 1.25. The van der Waals surface area contributed by atoms with E-state index >= 15 is 0 Å². The highest BCUT2D eigenvalue weighted by molar-refractivity contribution is 5.46. The summed E-state index contributed by atoms with van der Waals surface area (Å²) < 4.78 is 5.00. The van der Waals surface area contributed by atoms with Gasteiger partial charge in [-0.3, -0.25) is 0 Å². The van der Waals surface area contributed by atoms with Gasteiger partial charge in [-0.15, -0.1) is 0 Å². The van der Waals surface area contributed by atoms with Gasteiger partial charge in [0.1, 0.15) is 0 Å². The summed E-state index contributed by atoms with van der Waals surface area (Å²) in [5.41, 5.74) is 1.81. The quantitative estimate of drug-likeness (QED) is 0.539. The fourth-order valence-electron chi connectivity index (χ4n) is 1.25. The van der Waals surface area contributed by atoms with Gasteiger partial charge in [0.05, 0.1) is 18.6 Å². The van der Waals surface area contributed by atoms with Crippen molar-refractivity contribution in [2.75, 3.05) is 0 Å². The van der Waals surface area contributed by atoms with Crippen molar-refractivity contribution < 1.29 is 4.74 Å². The second-order valence-electron chi connectivity index (χ2n) is 2.68. The average Bonchev–Trinajstić information content (AvgIpc) is 2.17. The molecular formula is C10H7NO. The van der Waals surface area contributed by atoms with Crippen LogP contribution in [0.5, 0.6) is 0 Å². The summed E-state index contributed by atoms with van der Waals surface area (Å²) in [4.78, 5) is 0. The molecule has 0 fully saturated rings. The van der Waals surface area contributed by atoms with E-state index in [4.69, 9.17) is 10.00 Å². The Kier molecular flexibility index (Phi) is 1.56. The van der Waals surface area contributed by atoms with Crippen molar-refractivity contribution >= 4 is 0 Å². The van der Waals surface area contributed by atoms with Crippen LogP contribution >= 0.6 is 0 Å². The third-order valence-corrected chi connectivity index (χ3v) is 1.90. The summed E-state index contributed by atoms with van der Waals surface area (Å²) >= 11 is 0. The van der Waals surface area contributed by atoms with Crippen LogP contribution in [-0.4, -0.2) is 0 Å². The van der Waals surface area contributed by atoms with Crippen molar-refractivity contribution in [1.82, 2.24) is 0 Å². The summed E-state index contributed by atoms with van der Waals surface area (Å²) in [6, 6.07) is 2.11. The number of hydrogen-bond acceptors (Lipinski definition) is 2. The molecule has 0 bridgehead atoms. The summed E-state index contributed by atoms with van der Waals surface area (Å²) in [6.45, 7) is 0. The molecule has 0 amide bonds. The molecule has 1 heterocycles. The predicted molar refractivity (Wildman–Crippen MR) is 44.6 cm³/mol. The lowest BCUT2D eigenvalue weighted by molar-refractivity contribution is 0.383. The lowest BCUT2D eigenvalue weighted by Gasteiger charge is -2.16. The first-order valence-electron chi connectivity index (χ1n) is 3.72. The van der Waals surface area contributed by atoms with Crippen LogP contribution < -0.4 is 0 Å². The van der Waals surface area contributed by atoms with Gasteiger partial charge in [0.15, 0.2) is 0 Å². The number of allylic oxidation sites excluding steroid dienone is 6. The monoisotopic (exact) mass is 157 g/mol. The van der Waals surface area contributed by atoms with E-state index in [0.29, 0.717) is 5.57 Å². The Morgan fingerprint density at radius 3 is 3.17 bits per heavy atom. The Morgan fingerprint density at radius 1 is 1.42 bits per heavy atom. The van der Waals surface area contributed by atoms with Gasteiger partial charge in [-0.1, -0.05) is 12.2 Å². The van der Waals surface area contributed by atoms with E-state index in [9.17, 15) is 0 Å². The fraction of sp³-hybridized carbons (Fsp3) is 0.100. The largest absolute Gasteiger partial charge is 0.473 e. The maximum absolute atomic E-state index is 8.64. The Morgan fingerprint density at radius 2 is 2.33 bits per heavy atom. The van der Waals surface area contributed by atoms with Crippen molar-refractivity contribution in [1.29, 1.82) is 5.26 Å². The van der Waals surface area contributed by atoms with Crippen LogP contribution in [0.2, 0.25) is 0 Å². The lowest BCUT2D eigenvalue weighted by atomic mass is 9.92. The van der Waals surface area contributed by atoms with Gasteiger partial charge >= 0.3 is 0 Å². The van der Waals surface area contributed by atoms with Crippen LogP contribution in [0.4, 0.5) is 0 Å². The van der Waals surface area contributed by atoms with Crippen LogP contribution in [0.3, 0.4) is 0 Å². The molecule has 1 aliphatic heterocycles. The lowest BCUT2D eigenvalue weighted by Crippen LogP contribution is -2.04. The topological polar surface area (TPSA) is 33.0 Å². The molecule has 0 aromatic rings. The molecule has 1 unspecified atom stereocenters. The first-order chi connectivity index (χ1) is 5.90. The highest BCUT2D eigenvalue weighted by Crippen LogP contribution is 2.25. The van der Waals surface area contributed by atoms with Gasteiger partial charge in [0.25, 0.3) is 0 Å². The molecule has 0 aromatic heterocycles. The molecule has 0 saturated carbocycles. The van der Waals surface area contributed by atoms with Gasteiger partial charge in [0, 0.05) is 11.5 Å². The van der Waals surface area contributed by atoms with E-state index in [2.05, 4.69) is 6.07 Å². The van der Waals surface area contributed by atoms with E-state index in [1.807, 2.05) is 18.2 Å². The zero-order valence-electron chi connectivity index (χ0n) is 6.40. The summed E-state index contributed by atoms with van der Waals surface area (Å²) in [5, 5.41) is 8.64. The molecule has 1 aliphatic carbocycles. The van der Waals surface area contributed by atoms with Crippen LogP contribution in [0.25, 0.3) is 0 Å². The molecule has 0 aromatic carbocycles. The highest BCUT2D eigenvalue weighted by atomic mass is 16.5. The molecule has 0 spiro atoms. The standard InChI is InChI=1S/C10H7NO/c11-6-8-1-2-10-7-12-4-3-9(10)5-8/h1-5,7,9H. The average molecular weight is 157 g/mol. The molecule has 0 radical (unpaired) electrons. The smallest absolute Gasteiger partial charge is 0.0988 e. The first kappa shape index (κ1) is 6.93. The molecule has 2 rings (SSSR count). The summed E-state index contributed by atoms with van der Waals surface area (Å²) in [6.07, 6.45) is 10.9. The maximum atomic E-state index is 8.64. The van der Waals surface area contributed by atoms with Crippen LogP contribution in [0, 0.1) is 17.2 Å². The third-order valence-electron chi connectivity index (χ3n) is 1.90. The molecule has 2 aliphatic rings. The second-order valence-corrected chi connectivity index (χ2v) is 2.68. The Balaban J connectivity index is 2.34. The number of ether oxygens (including phenoxy) is 1. The predicted octanol–water partition coefficient (Wildman–Crippen LogP) is 2.05. The third kappa shape index (κ3) is 1.06. The van der Waals surface area contributed by atoms with Crippen LogP contribution in [0.1, 0.15) is 0 Å². The minimum absolute atomic E-state index is 0.221. The van der Waals surface area contributed by atoms with E-state index in [1.165, 1.54) is 0 Å². The van der Waals surface area contributed by atoms with E-state index in [0.717, 1.165) is 5.57 Å². The van der Waals surface area contributed by atoms with Crippen LogP contribution in [0.15, 0.2) is 48.0 Å². The minimum Gasteiger partial charge on any atom is -0.473 e. The van der Waals surface area contributed by atoms with Gasteiger partial charge < -0.3 is 4.74 Å².